The maximum absolute atomic E-state index is 12.3. The van der Waals surface area contributed by atoms with Crippen LogP contribution >= 0.6 is 46.4 Å². The normalized spacial score (nSPS) is 17.5. The van der Waals surface area contributed by atoms with Crippen molar-refractivity contribution in [2.75, 3.05) is 13.2 Å². The van der Waals surface area contributed by atoms with Gasteiger partial charge in [-0.3, -0.25) is 4.79 Å². The fourth-order valence-electron chi connectivity index (χ4n) is 2.15. The molecule has 2 rings (SSSR count). The third-order valence-corrected chi connectivity index (χ3v) is 5.02. The third-order valence-electron chi connectivity index (χ3n) is 3.22. The number of amides is 1. The maximum Gasteiger partial charge on any atom is 0.338 e. The molecule has 22 heavy (non-hydrogen) atoms. The first-order valence-corrected chi connectivity index (χ1v) is 7.84. The van der Waals surface area contributed by atoms with E-state index in [4.69, 9.17) is 51.1 Å². The fourth-order valence-corrected chi connectivity index (χ4v) is 3.17. The number of carboxylic acids is 1. The van der Waals surface area contributed by atoms with E-state index in [2.05, 4.69) is 5.32 Å². The van der Waals surface area contributed by atoms with E-state index in [0.29, 0.717) is 6.61 Å². The minimum atomic E-state index is -1.42. The highest BCUT2D eigenvalue weighted by Gasteiger charge is 2.29. The van der Waals surface area contributed by atoms with Crippen molar-refractivity contribution >= 4 is 58.3 Å². The molecule has 1 aliphatic heterocycles. The van der Waals surface area contributed by atoms with Crippen molar-refractivity contribution < 1.29 is 19.4 Å². The van der Waals surface area contributed by atoms with Gasteiger partial charge in [0.05, 0.1) is 37.3 Å². The van der Waals surface area contributed by atoms with Crippen LogP contribution in [0, 0.1) is 0 Å². The lowest BCUT2D eigenvalue weighted by molar-refractivity contribution is 0.0689. The van der Waals surface area contributed by atoms with Gasteiger partial charge in [-0.25, -0.2) is 4.79 Å². The number of carbonyl (C=O) groups is 2. The number of benzene rings is 1. The Morgan fingerprint density at radius 3 is 2.18 bits per heavy atom. The molecule has 1 unspecified atom stereocenters. The molecule has 120 valence electrons. The number of carboxylic acid groups (broad SMARTS) is 1. The van der Waals surface area contributed by atoms with Crippen molar-refractivity contribution in [1.82, 2.24) is 5.32 Å². The summed E-state index contributed by atoms with van der Waals surface area (Å²) in [5.41, 5.74) is -0.794. The smallest absolute Gasteiger partial charge is 0.338 e. The first kappa shape index (κ1) is 17.6. The van der Waals surface area contributed by atoms with E-state index in [1.807, 2.05) is 0 Å². The Kier molecular flexibility index (Phi) is 5.80. The molecule has 1 aromatic carbocycles. The lowest BCUT2D eigenvalue weighted by Gasteiger charge is -2.15. The van der Waals surface area contributed by atoms with Crippen molar-refractivity contribution in [3.63, 3.8) is 0 Å². The second-order valence-corrected chi connectivity index (χ2v) is 6.17. The molecular weight excluding hydrogens is 376 g/mol. The van der Waals surface area contributed by atoms with E-state index >= 15 is 0 Å². The van der Waals surface area contributed by atoms with Gasteiger partial charge in [0.25, 0.3) is 5.91 Å². The molecule has 0 saturated carbocycles. The van der Waals surface area contributed by atoms with Crippen molar-refractivity contribution in [2.24, 2.45) is 0 Å². The second kappa shape index (κ2) is 7.23. The number of halogens is 4. The predicted molar refractivity (Wildman–Crippen MR) is 84.7 cm³/mol. The largest absolute Gasteiger partial charge is 0.478 e. The number of ether oxygens (including phenoxy) is 1. The summed E-state index contributed by atoms with van der Waals surface area (Å²) >= 11 is 23.6. The molecule has 9 heteroatoms. The van der Waals surface area contributed by atoms with E-state index in [-0.39, 0.29) is 38.3 Å². The van der Waals surface area contributed by atoms with Crippen LogP contribution in [0.2, 0.25) is 20.1 Å². The van der Waals surface area contributed by atoms with Gasteiger partial charge in [0.1, 0.15) is 0 Å². The number of carbonyl (C=O) groups excluding carboxylic acids is 1. The summed E-state index contributed by atoms with van der Waals surface area (Å²) < 4.78 is 5.38. The average Bonchev–Trinajstić information content (AvgIpc) is 2.99. The summed E-state index contributed by atoms with van der Waals surface area (Å²) in [4.78, 5) is 23.7. The quantitative estimate of drug-likeness (QED) is 0.607. The molecule has 1 fully saturated rings. The van der Waals surface area contributed by atoms with Gasteiger partial charge in [-0.1, -0.05) is 46.4 Å². The summed E-state index contributed by atoms with van der Waals surface area (Å²) in [7, 11) is 0. The maximum atomic E-state index is 12.3. The predicted octanol–water partition coefficient (Wildman–Crippen LogP) is 3.91. The van der Waals surface area contributed by atoms with Crippen LogP contribution in [0.1, 0.15) is 33.6 Å². The van der Waals surface area contributed by atoms with Gasteiger partial charge in [0, 0.05) is 13.2 Å². The van der Waals surface area contributed by atoms with Gasteiger partial charge in [-0.15, -0.1) is 0 Å². The Morgan fingerprint density at radius 1 is 1.09 bits per heavy atom. The van der Waals surface area contributed by atoms with Crippen LogP contribution in [-0.2, 0) is 4.74 Å². The van der Waals surface area contributed by atoms with Gasteiger partial charge in [0.15, 0.2) is 0 Å². The molecule has 1 amide bonds. The summed E-state index contributed by atoms with van der Waals surface area (Å²) in [5, 5.41) is 10.9. The van der Waals surface area contributed by atoms with Crippen molar-refractivity contribution in [3.05, 3.63) is 31.2 Å². The molecule has 0 spiro atoms. The van der Waals surface area contributed by atoms with Crippen molar-refractivity contribution in [3.8, 4) is 0 Å². The van der Waals surface area contributed by atoms with Crippen LogP contribution in [0.15, 0.2) is 0 Å². The molecule has 1 atom stereocenters. The highest BCUT2D eigenvalue weighted by molar-refractivity contribution is 6.54. The first-order chi connectivity index (χ1) is 10.3. The Bertz CT molecular complexity index is 629. The van der Waals surface area contributed by atoms with E-state index < -0.39 is 17.4 Å². The molecule has 1 aromatic rings. The summed E-state index contributed by atoms with van der Waals surface area (Å²) in [6, 6.07) is 0. The van der Waals surface area contributed by atoms with Crippen LogP contribution in [0.25, 0.3) is 0 Å². The van der Waals surface area contributed by atoms with Gasteiger partial charge < -0.3 is 15.2 Å². The number of hydrogen-bond acceptors (Lipinski definition) is 3. The van der Waals surface area contributed by atoms with Crippen LogP contribution in [0.5, 0.6) is 0 Å². The number of hydrogen-bond donors (Lipinski definition) is 2. The van der Waals surface area contributed by atoms with E-state index in [1.165, 1.54) is 0 Å². The molecule has 2 N–H and O–H groups in total. The molecule has 0 radical (unpaired) electrons. The van der Waals surface area contributed by atoms with Gasteiger partial charge in [-0.2, -0.15) is 0 Å². The average molecular weight is 387 g/mol. The second-order valence-electron chi connectivity index (χ2n) is 4.66. The zero-order valence-corrected chi connectivity index (χ0v) is 14.1. The molecule has 0 bridgehead atoms. The Labute approximate surface area is 146 Å². The SMILES string of the molecule is O=C(O)c1c(Cl)c(Cl)c(Cl)c(Cl)c1C(=O)NCC1CCCO1. The first-order valence-electron chi connectivity index (χ1n) is 6.33. The van der Waals surface area contributed by atoms with Gasteiger partial charge in [0.2, 0.25) is 0 Å². The molecule has 5 nitrogen and oxygen atoms in total. The molecule has 0 aliphatic carbocycles. The standard InChI is InChI=1S/C13H11Cl4NO4/c14-8-6(12(19)18-4-5-2-1-3-22-5)7(13(20)21)9(15)11(17)10(8)16/h5H,1-4H2,(H,18,19)(H,20,21). The molecule has 1 heterocycles. The van der Waals surface area contributed by atoms with Crippen LogP contribution in [0.4, 0.5) is 0 Å². The van der Waals surface area contributed by atoms with Crippen molar-refractivity contribution in [1.29, 1.82) is 0 Å². The minimum Gasteiger partial charge on any atom is -0.478 e. The van der Waals surface area contributed by atoms with Crippen LogP contribution in [-0.4, -0.2) is 36.2 Å². The summed E-state index contributed by atoms with van der Waals surface area (Å²) in [6.07, 6.45) is 1.64. The summed E-state index contributed by atoms with van der Waals surface area (Å²) in [5.74, 6) is -2.12. The number of aromatic carboxylic acids is 1. The molecule has 1 aliphatic rings. The lowest BCUT2D eigenvalue weighted by Crippen LogP contribution is -2.33. The minimum absolute atomic E-state index is 0.103. The monoisotopic (exact) mass is 385 g/mol. The Balaban J connectivity index is 2.35. The molecule has 0 aromatic heterocycles. The number of rotatable bonds is 4. The van der Waals surface area contributed by atoms with E-state index in [9.17, 15) is 14.7 Å². The van der Waals surface area contributed by atoms with Gasteiger partial charge >= 0.3 is 5.97 Å². The summed E-state index contributed by atoms with van der Waals surface area (Å²) in [6.45, 7) is 0.881. The van der Waals surface area contributed by atoms with Gasteiger partial charge in [-0.05, 0) is 12.8 Å². The lowest BCUT2D eigenvalue weighted by atomic mass is 10.1. The van der Waals surface area contributed by atoms with Crippen LogP contribution in [0.3, 0.4) is 0 Å². The third kappa shape index (κ3) is 3.44. The molecule has 1 saturated heterocycles. The number of nitrogens with one attached hydrogen (secondary N) is 1. The van der Waals surface area contributed by atoms with E-state index in [0.717, 1.165) is 12.8 Å². The highest BCUT2D eigenvalue weighted by Crippen LogP contribution is 2.41. The zero-order chi connectivity index (χ0) is 16.4. The topological polar surface area (TPSA) is 75.6 Å². The van der Waals surface area contributed by atoms with E-state index in [1.54, 1.807) is 0 Å². The molecular formula is C13H11Cl4NO4. The highest BCUT2D eigenvalue weighted by atomic mass is 35.5. The zero-order valence-electron chi connectivity index (χ0n) is 11.1. The Morgan fingerprint density at radius 2 is 1.68 bits per heavy atom. The Hall–Kier alpha value is -0.720. The van der Waals surface area contributed by atoms with Crippen LogP contribution < -0.4 is 5.32 Å². The van der Waals surface area contributed by atoms with Crippen molar-refractivity contribution in [2.45, 2.75) is 18.9 Å². The fraction of sp³-hybridized carbons (Fsp3) is 0.385.